The maximum atomic E-state index is 13.1. The van der Waals surface area contributed by atoms with Gasteiger partial charge in [-0.1, -0.05) is 32.9 Å². The molecule has 0 aliphatic carbocycles. The second-order valence-electron chi connectivity index (χ2n) is 12.3. The Kier molecular flexibility index (Phi) is 19.6. The summed E-state index contributed by atoms with van der Waals surface area (Å²) in [6.45, 7) is 10.7. The summed E-state index contributed by atoms with van der Waals surface area (Å²) in [7, 11) is 0. The standard InChI is InChI=1S/C43H52O10/c1-4-7-12-17-35-32-38(52-42(46)33-18-22-36(23-19-33)48-28-13-8-10-15-30-50-40(44)5-2)26-27-39(35)53-43(47)34-20-24-37(25-21-34)49-29-14-9-11-16-31-51-41(45)6-3/h5-6,18-27,32H,2-4,7-17,28-31H2,1H3. The summed E-state index contributed by atoms with van der Waals surface area (Å²) in [5.41, 5.74) is 1.54. The quantitative estimate of drug-likeness (QED) is 0.0342. The smallest absolute Gasteiger partial charge is 0.343 e. The van der Waals surface area contributed by atoms with E-state index in [1.165, 1.54) is 0 Å². The molecule has 10 heteroatoms. The largest absolute Gasteiger partial charge is 0.494 e. The normalized spacial score (nSPS) is 10.5. The van der Waals surface area contributed by atoms with Gasteiger partial charge in [0.15, 0.2) is 0 Å². The van der Waals surface area contributed by atoms with Crippen LogP contribution < -0.4 is 18.9 Å². The zero-order valence-electron chi connectivity index (χ0n) is 30.8. The van der Waals surface area contributed by atoms with Gasteiger partial charge in [-0.3, -0.25) is 0 Å². The molecule has 0 atom stereocenters. The zero-order valence-corrected chi connectivity index (χ0v) is 30.8. The van der Waals surface area contributed by atoms with Gasteiger partial charge in [-0.05, 0) is 137 Å². The van der Waals surface area contributed by atoms with E-state index in [-0.39, 0.29) is 0 Å². The molecule has 0 N–H and O–H groups in total. The van der Waals surface area contributed by atoms with Crippen LogP contribution in [0.2, 0.25) is 0 Å². The number of rotatable bonds is 26. The van der Waals surface area contributed by atoms with Gasteiger partial charge in [0.2, 0.25) is 0 Å². The average molecular weight is 729 g/mol. The monoisotopic (exact) mass is 728 g/mol. The molecule has 284 valence electrons. The Morgan fingerprint density at radius 2 is 0.981 bits per heavy atom. The zero-order chi connectivity index (χ0) is 38.1. The van der Waals surface area contributed by atoms with Crippen LogP contribution in [-0.4, -0.2) is 50.3 Å². The summed E-state index contributed by atoms with van der Waals surface area (Å²) in [5, 5.41) is 0. The molecular formula is C43H52O10. The van der Waals surface area contributed by atoms with E-state index in [9.17, 15) is 19.2 Å². The fourth-order valence-electron chi connectivity index (χ4n) is 5.14. The Bertz CT molecular complexity index is 1590. The van der Waals surface area contributed by atoms with Crippen LogP contribution in [0.25, 0.3) is 0 Å². The molecule has 3 aromatic carbocycles. The Hall–Kier alpha value is -5.38. The van der Waals surface area contributed by atoms with Gasteiger partial charge in [0.05, 0.1) is 37.6 Å². The third kappa shape index (κ3) is 16.7. The van der Waals surface area contributed by atoms with Gasteiger partial charge in [0.25, 0.3) is 0 Å². The van der Waals surface area contributed by atoms with E-state index >= 15 is 0 Å². The summed E-state index contributed by atoms with van der Waals surface area (Å²) in [6.07, 6.45) is 12.9. The molecule has 0 radical (unpaired) electrons. The van der Waals surface area contributed by atoms with Crippen molar-refractivity contribution in [2.24, 2.45) is 0 Å². The van der Waals surface area contributed by atoms with Crippen molar-refractivity contribution in [3.8, 4) is 23.0 Å². The van der Waals surface area contributed by atoms with Gasteiger partial charge in [-0.25, -0.2) is 19.2 Å². The van der Waals surface area contributed by atoms with Crippen LogP contribution in [0.5, 0.6) is 23.0 Å². The number of hydrogen-bond acceptors (Lipinski definition) is 10. The second kappa shape index (κ2) is 24.7. The molecule has 53 heavy (non-hydrogen) atoms. The molecule has 0 unspecified atom stereocenters. The predicted octanol–water partition coefficient (Wildman–Crippen LogP) is 9.19. The molecule has 0 saturated heterocycles. The van der Waals surface area contributed by atoms with Gasteiger partial charge in [0, 0.05) is 12.2 Å². The van der Waals surface area contributed by atoms with Gasteiger partial charge in [0.1, 0.15) is 23.0 Å². The lowest BCUT2D eigenvalue weighted by Gasteiger charge is -2.13. The van der Waals surface area contributed by atoms with Crippen molar-refractivity contribution in [2.45, 2.75) is 84.0 Å². The van der Waals surface area contributed by atoms with E-state index in [0.717, 1.165) is 88.3 Å². The molecule has 0 aliphatic rings. The lowest BCUT2D eigenvalue weighted by Crippen LogP contribution is -2.11. The number of unbranched alkanes of at least 4 members (excludes halogenated alkanes) is 8. The van der Waals surface area contributed by atoms with E-state index in [2.05, 4.69) is 20.1 Å². The highest BCUT2D eigenvalue weighted by Gasteiger charge is 2.16. The van der Waals surface area contributed by atoms with Crippen molar-refractivity contribution in [3.05, 3.63) is 109 Å². The fourth-order valence-corrected chi connectivity index (χ4v) is 5.14. The minimum absolute atomic E-state index is 0.360. The SMILES string of the molecule is C=CC(=O)OCCCCCCOc1ccc(C(=O)Oc2ccc(OC(=O)c3ccc(OCCCCCCOC(=O)C=C)cc3)c(CCCCC)c2)cc1. The van der Waals surface area contributed by atoms with E-state index in [0.29, 0.717) is 67.0 Å². The minimum Gasteiger partial charge on any atom is -0.494 e. The second-order valence-corrected chi connectivity index (χ2v) is 12.3. The van der Waals surface area contributed by atoms with Crippen LogP contribution in [0.3, 0.4) is 0 Å². The van der Waals surface area contributed by atoms with Crippen LogP contribution in [0, 0.1) is 0 Å². The average Bonchev–Trinajstić information content (AvgIpc) is 3.18. The molecule has 0 spiro atoms. The Morgan fingerprint density at radius 1 is 0.528 bits per heavy atom. The summed E-state index contributed by atoms with van der Waals surface area (Å²) >= 11 is 0. The first-order valence-corrected chi connectivity index (χ1v) is 18.4. The van der Waals surface area contributed by atoms with Crippen LogP contribution in [-0.2, 0) is 25.5 Å². The van der Waals surface area contributed by atoms with Gasteiger partial charge in [-0.2, -0.15) is 0 Å². The van der Waals surface area contributed by atoms with Crippen molar-refractivity contribution >= 4 is 23.9 Å². The number of carbonyl (C=O) groups is 4. The maximum Gasteiger partial charge on any atom is 0.343 e. The molecular weight excluding hydrogens is 676 g/mol. The Labute approximate surface area is 313 Å². The molecule has 0 bridgehead atoms. The first-order chi connectivity index (χ1) is 25.8. The van der Waals surface area contributed by atoms with Crippen molar-refractivity contribution in [1.29, 1.82) is 0 Å². The molecule has 10 nitrogen and oxygen atoms in total. The first-order valence-electron chi connectivity index (χ1n) is 18.4. The van der Waals surface area contributed by atoms with Crippen LogP contribution in [0.15, 0.2) is 92.0 Å². The lowest BCUT2D eigenvalue weighted by atomic mass is 10.1. The highest BCUT2D eigenvalue weighted by atomic mass is 16.5. The maximum absolute atomic E-state index is 13.1. The lowest BCUT2D eigenvalue weighted by molar-refractivity contribution is -0.138. The fraction of sp³-hybridized carbons (Fsp3) is 0.395. The first kappa shape index (κ1) is 42.0. The van der Waals surface area contributed by atoms with E-state index in [1.54, 1.807) is 66.7 Å². The molecule has 0 heterocycles. The van der Waals surface area contributed by atoms with Crippen LogP contribution in [0.1, 0.15) is 104 Å². The van der Waals surface area contributed by atoms with Crippen LogP contribution >= 0.6 is 0 Å². The van der Waals surface area contributed by atoms with Gasteiger partial charge >= 0.3 is 23.9 Å². The predicted molar refractivity (Wildman–Crippen MR) is 203 cm³/mol. The number of benzene rings is 3. The molecule has 0 saturated carbocycles. The molecule has 0 amide bonds. The number of aryl methyl sites for hydroxylation is 1. The van der Waals surface area contributed by atoms with Gasteiger partial charge < -0.3 is 28.4 Å². The molecule has 0 aliphatic heterocycles. The number of ether oxygens (including phenoxy) is 6. The summed E-state index contributed by atoms with van der Waals surface area (Å²) in [5.74, 6) is 0.278. The van der Waals surface area contributed by atoms with Crippen molar-refractivity contribution in [2.75, 3.05) is 26.4 Å². The Morgan fingerprint density at radius 3 is 1.45 bits per heavy atom. The Balaban J connectivity index is 1.46. The highest BCUT2D eigenvalue weighted by Crippen LogP contribution is 2.28. The number of hydrogen-bond donors (Lipinski definition) is 0. The van der Waals surface area contributed by atoms with Crippen molar-refractivity contribution < 1.29 is 47.6 Å². The van der Waals surface area contributed by atoms with Gasteiger partial charge in [-0.15, -0.1) is 0 Å². The molecule has 3 rings (SSSR count). The molecule has 3 aromatic rings. The van der Waals surface area contributed by atoms with Crippen molar-refractivity contribution in [3.63, 3.8) is 0 Å². The number of carbonyl (C=O) groups excluding carboxylic acids is 4. The van der Waals surface area contributed by atoms with Crippen molar-refractivity contribution in [1.82, 2.24) is 0 Å². The summed E-state index contributed by atoms with van der Waals surface area (Å²) in [6, 6.07) is 18.7. The highest BCUT2D eigenvalue weighted by molar-refractivity contribution is 5.92. The topological polar surface area (TPSA) is 124 Å². The summed E-state index contributed by atoms with van der Waals surface area (Å²) < 4.78 is 33.1. The molecule has 0 fully saturated rings. The minimum atomic E-state index is -0.508. The third-order valence-corrected chi connectivity index (χ3v) is 8.11. The van der Waals surface area contributed by atoms with Crippen LogP contribution in [0.4, 0.5) is 0 Å². The number of esters is 4. The van der Waals surface area contributed by atoms with E-state index < -0.39 is 23.9 Å². The summed E-state index contributed by atoms with van der Waals surface area (Å²) in [4.78, 5) is 48.2. The van der Waals surface area contributed by atoms with E-state index in [1.807, 2.05) is 0 Å². The van der Waals surface area contributed by atoms with E-state index in [4.69, 9.17) is 28.4 Å². The third-order valence-electron chi connectivity index (χ3n) is 8.11. The molecule has 0 aromatic heterocycles.